The molecular formula is C13H15N3O2. The minimum Gasteiger partial charge on any atom is -0.461 e. The van der Waals surface area contributed by atoms with E-state index < -0.39 is 5.97 Å². The SMILES string of the molecule is CCOC(=O)c1nn(-c2ccc(C)cc2)cc1N. The molecule has 2 rings (SSSR count). The van der Waals surface area contributed by atoms with Crippen molar-refractivity contribution in [2.24, 2.45) is 0 Å². The summed E-state index contributed by atoms with van der Waals surface area (Å²) >= 11 is 0. The minimum absolute atomic E-state index is 0.150. The van der Waals surface area contributed by atoms with Crippen molar-refractivity contribution in [1.29, 1.82) is 0 Å². The number of aromatic nitrogens is 2. The lowest BCUT2D eigenvalue weighted by molar-refractivity contribution is 0.0520. The highest BCUT2D eigenvalue weighted by atomic mass is 16.5. The lowest BCUT2D eigenvalue weighted by Gasteiger charge is -2.01. The first-order chi connectivity index (χ1) is 8.61. The second-order valence-electron chi connectivity index (χ2n) is 3.93. The molecule has 0 fully saturated rings. The van der Waals surface area contributed by atoms with Gasteiger partial charge in [-0.2, -0.15) is 5.10 Å². The van der Waals surface area contributed by atoms with Gasteiger partial charge in [-0.3, -0.25) is 0 Å². The van der Waals surface area contributed by atoms with E-state index in [1.165, 1.54) is 0 Å². The van der Waals surface area contributed by atoms with Gasteiger partial charge in [0.05, 0.1) is 24.2 Å². The topological polar surface area (TPSA) is 70.1 Å². The van der Waals surface area contributed by atoms with Gasteiger partial charge in [0.15, 0.2) is 5.69 Å². The fraction of sp³-hybridized carbons (Fsp3) is 0.231. The van der Waals surface area contributed by atoms with Crippen molar-refractivity contribution < 1.29 is 9.53 Å². The van der Waals surface area contributed by atoms with Crippen LogP contribution in [-0.4, -0.2) is 22.4 Å². The van der Waals surface area contributed by atoms with E-state index in [-0.39, 0.29) is 5.69 Å². The van der Waals surface area contributed by atoms with E-state index in [0.717, 1.165) is 11.3 Å². The van der Waals surface area contributed by atoms with E-state index in [0.29, 0.717) is 12.3 Å². The molecule has 94 valence electrons. The molecule has 0 unspecified atom stereocenters. The van der Waals surface area contributed by atoms with Gasteiger partial charge in [-0.15, -0.1) is 0 Å². The van der Waals surface area contributed by atoms with Crippen molar-refractivity contribution in [3.63, 3.8) is 0 Å². The highest BCUT2D eigenvalue weighted by Crippen LogP contribution is 2.15. The largest absolute Gasteiger partial charge is 0.461 e. The number of benzene rings is 1. The zero-order valence-corrected chi connectivity index (χ0v) is 10.4. The monoisotopic (exact) mass is 245 g/mol. The number of anilines is 1. The molecule has 18 heavy (non-hydrogen) atoms. The van der Waals surface area contributed by atoms with Crippen molar-refractivity contribution in [3.05, 3.63) is 41.7 Å². The number of hydrogen-bond donors (Lipinski definition) is 1. The molecule has 5 heteroatoms. The quantitative estimate of drug-likeness (QED) is 0.839. The van der Waals surface area contributed by atoms with Crippen LogP contribution in [0.15, 0.2) is 30.5 Å². The van der Waals surface area contributed by atoms with E-state index in [1.807, 2.05) is 31.2 Å². The molecule has 1 aromatic heterocycles. The predicted molar refractivity (Wildman–Crippen MR) is 68.7 cm³/mol. The Morgan fingerprint density at radius 3 is 2.67 bits per heavy atom. The Kier molecular flexibility index (Phi) is 3.32. The summed E-state index contributed by atoms with van der Waals surface area (Å²) in [6.45, 7) is 4.05. The van der Waals surface area contributed by atoms with Crippen LogP contribution in [0.1, 0.15) is 23.0 Å². The average molecular weight is 245 g/mol. The Morgan fingerprint density at radius 2 is 2.06 bits per heavy atom. The Labute approximate surface area is 105 Å². The maximum absolute atomic E-state index is 11.6. The van der Waals surface area contributed by atoms with Crippen LogP contribution in [0.4, 0.5) is 5.69 Å². The Bertz CT molecular complexity index is 558. The molecule has 0 amide bonds. The smallest absolute Gasteiger partial charge is 0.361 e. The lowest BCUT2D eigenvalue weighted by Crippen LogP contribution is -2.08. The van der Waals surface area contributed by atoms with Crippen LogP contribution >= 0.6 is 0 Å². The number of hydrogen-bond acceptors (Lipinski definition) is 4. The maximum Gasteiger partial charge on any atom is 0.361 e. The summed E-state index contributed by atoms with van der Waals surface area (Å²) < 4.78 is 6.45. The number of nitrogens with zero attached hydrogens (tertiary/aromatic N) is 2. The maximum atomic E-state index is 11.6. The van der Waals surface area contributed by atoms with Crippen molar-refractivity contribution in [2.75, 3.05) is 12.3 Å². The second kappa shape index (κ2) is 4.91. The normalized spacial score (nSPS) is 10.3. The van der Waals surface area contributed by atoms with Gasteiger partial charge in [0.1, 0.15) is 0 Å². The van der Waals surface area contributed by atoms with Gasteiger partial charge in [-0.25, -0.2) is 9.48 Å². The molecule has 0 saturated heterocycles. The van der Waals surface area contributed by atoms with Crippen LogP contribution in [0.5, 0.6) is 0 Å². The average Bonchev–Trinajstić information content (AvgIpc) is 2.72. The van der Waals surface area contributed by atoms with Crippen molar-refractivity contribution in [3.8, 4) is 5.69 Å². The molecule has 0 aliphatic heterocycles. The third-order valence-corrected chi connectivity index (χ3v) is 2.51. The number of carbonyl (C=O) groups excluding carboxylic acids is 1. The molecule has 1 heterocycles. The number of ether oxygens (including phenoxy) is 1. The van der Waals surface area contributed by atoms with Crippen molar-refractivity contribution in [2.45, 2.75) is 13.8 Å². The Morgan fingerprint density at radius 1 is 1.39 bits per heavy atom. The molecule has 0 aliphatic rings. The van der Waals surface area contributed by atoms with Gasteiger partial charge in [0, 0.05) is 0 Å². The number of nitrogens with two attached hydrogens (primary N) is 1. The van der Waals surface area contributed by atoms with Crippen LogP contribution in [0.3, 0.4) is 0 Å². The first kappa shape index (κ1) is 12.2. The van der Waals surface area contributed by atoms with Crippen LogP contribution in [0.2, 0.25) is 0 Å². The van der Waals surface area contributed by atoms with E-state index in [9.17, 15) is 4.79 Å². The fourth-order valence-electron chi connectivity index (χ4n) is 1.58. The summed E-state index contributed by atoms with van der Waals surface area (Å²) in [4.78, 5) is 11.6. The Hall–Kier alpha value is -2.30. The summed E-state index contributed by atoms with van der Waals surface area (Å²) in [6.07, 6.45) is 1.61. The number of nitrogen functional groups attached to an aromatic ring is 1. The number of aryl methyl sites for hydroxylation is 1. The summed E-state index contributed by atoms with van der Waals surface area (Å²) in [5, 5.41) is 4.15. The summed E-state index contributed by atoms with van der Waals surface area (Å²) in [5.41, 5.74) is 8.23. The van der Waals surface area contributed by atoms with Crippen LogP contribution in [0, 0.1) is 6.92 Å². The predicted octanol–water partition coefficient (Wildman–Crippen LogP) is 1.94. The lowest BCUT2D eigenvalue weighted by atomic mass is 10.2. The second-order valence-corrected chi connectivity index (χ2v) is 3.93. The third kappa shape index (κ3) is 2.34. The third-order valence-electron chi connectivity index (χ3n) is 2.51. The number of esters is 1. The van der Waals surface area contributed by atoms with E-state index in [2.05, 4.69) is 5.10 Å². The van der Waals surface area contributed by atoms with Crippen LogP contribution in [0.25, 0.3) is 5.69 Å². The molecule has 0 spiro atoms. The van der Waals surface area contributed by atoms with E-state index in [1.54, 1.807) is 17.8 Å². The molecule has 0 saturated carbocycles. The van der Waals surface area contributed by atoms with Gasteiger partial charge >= 0.3 is 5.97 Å². The zero-order chi connectivity index (χ0) is 13.1. The van der Waals surface area contributed by atoms with Gasteiger partial charge in [-0.1, -0.05) is 17.7 Å². The summed E-state index contributed by atoms with van der Waals surface area (Å²) in [6, 6.07) is 7.77. The van der Waals surface area contributed by atoms with Crippen LogP contribution < -0.4 is 5.73 Å². The highest BCUT2D eigenvalue weighted by Gasteiger charge is 2.16. The first-order valence-electron chi connectivity index (χ1n) is 5.71. The van der Waals surface area contributed by atoms with Gasteiger partial charge < -0.3 is 10.5 Å². The van der Waals surface area contributed by atoms with Gasteiger partial charge in [0.25, 0.3) is 0 Å². The summed E-state index contributed by atoms with van der Waals surface area (Å²) in [5.74, 6) is -0.499. The molecular weight excluding hydrogens is 230 g/mol. The molecule has 0 aliphatic carbocycles. The van der Waals surface area contributed by atoms with Gasteiger partial charge in [0.2, 0.25) is 0 Å². The molecule has 1 aromatic carbocycles. The van der Waals surface area contributed by atoms with E-state index in [4.69, 9.17) is 10.5 Å². The highest BCUT2D eigenvalue weighted by molar-refractivity contribution is 5.92. The fourth-order valence-corrected chi connectivity index (χ4v) is 1.58. The molecule has 5 nitrogen and oxygen atoms in total. The Balaban J connectivity index is 2.34. The van der Waals surface area contributed by atoms with Crippen molar-refractivity contribution in [1.82, 2.24) is 9.78 Å². The zero-order valence-electron chi connectivity index (χ0n) is 10.4. The van der Waals surface area contributed by atoms with E-state index >= 15 is 0 Å². The molecule has 2 N–H and O–H groups in total. The minimum atomic E-state index is -0.499. The first-order valence-corrected chi connectivity index (χ1v) is 5.71. The van der Waals surface area contributed by atoms with Gasteiger partial charge in [-0.05, 0) is 26.0 Å². The van der Waals surface area contributed by atoms with Crippen LogP contribution in [-0.2, 0) is 4.74 Å². The number of rotatable bonds is 3. The number of carbonyl (C=O) groups is 1. The molecule has 0 radical (unpaired) electrons. The molecule has 0 bridgehead atoms. The molecule has 2 aromatic rings. The molecule has 0 atom stereocenters. The summed E-state index contributed by atoms with van der Waals surface area (Å²) in [7, 11) is 0. The van der Waals surface area contributed by atoms with Crippen molar-refractivity contribution >= 4 is 11.7 Å². The standard InChI is InChI=1S/C13H15N3O2/c1-3-18-13(17)12-11(14)8-16(15-12)10-6-4-9(2)5-7-10/h4-8H,3,14H2,1-2H3.